The lowest BCUT2D eigenvalue weighted by atomic mass is 10.3. The number of ether oxygens (including phenoxy) is 2. The van der Waals surface area contributed by atoms with E-state index in [0.29, 0.717) is 5.17 Å². The van der Waals surface area contributed by atoms with Crippen molar-refractivity contribution in [2.45, 2.75) is 20.3 Å². The van der Waals surface area contributed by atoms with Crippen LogP contribution in [0.15, 0.2) is 28.7 Å². The van der Waals surface area contributed by atoms with Gasteiger partial charge in [0.15, 0.2) is 0 Å². The summed E-state index contributed by atoms with van der Waals surface area (Å²) in [5, 5.41) is 4.09. The van der Waals surface area contributed by atoms with Gasteiger partial charge in [0.2, 0.25) is 0 Å². The van der Waals surface area contributed by atoms with Crippen molar-refractivity contribution in [2.24, 2.45) is 4.99 Å². The molecule has 25 heavy (non-hydrogen) atoms. The molecule has 0 aromatic heterocycles. The number of morpholine rings is 2. The topological polar surface area (TPSA) is 49.3 Å². The molecule has 1 N–H and O–H groups in total. The zero-order valence-electron chi connectivity index (χ0n) is 15.5. The second-order valence-electron chi connectivity index (χ2n) is 6.16. The summed E-state index contributed by atoms with van der Waals surface area (Å²) in [7, 11) is 0. The van der Waals surface area contributed by atoms with Crippen molar-refractivity contribution < 1.29 is 9.47 Å². The fourth-order valence-electron chi connectivity index (χ4n) is 2.87. The van der Waals surface area contributed by atoms with E-state index < -0.39 is 0 Å². The minimum atomic E-state index is 0.543. The Hall–Kier alpha value is -1.08. The van der Waals surface area contributed by atoms with Gasteiger partial charge in [-0.1, -0.05) is 24.6 Å². The smallest absolute Gasteiger partial charge is 0.132 e. The number of nitrogens with one attached hydrogen (secondary N) is 1. The van der Waals surface area contributed by atoms with E-state index >= 15 is 0 Å². The molecule has 7 heteroatoms. The number of aliphatic imine (C=N–C) groups is 1. The van der Waals surface area contributed by atoms with Crippen LogP contribution in [-0.4, -0.2) is 80.7 Å². The molecule has 2 aliphatic heterocycles. The average molecular weight is 371 g/mol. The van der Waals surface area contributed by atoms with Gasteiger partial charge in [-0.05, 0) is 13.3 Å². The van der Waals surface area contributed by atoms with Gasteiger partial charge < -0.3 is 19.7 Å². The molecule has 0 unspecified atom stereocenters. The van der Waals surface area contributed by atoms with Crippen LogP contribution in [0.5, 0.6) is 0 Å². The van der Waals surface area contributed by atoms with Crippen LogP contribution >= 0.6 is 11.6 Å². The fourth-order valence-corrected chi connectivity index (χ4v) is 2.96. The van der Waals surface area contributed by atoms with E-state index in [1.165, 1.54) is 0 Å². The third-order valence-electron chi connectivity index (χ3n) is 4.17. The monoisotopic (exact) mass is 370 g/mol. The van der Waals surface area contributed by atoms with Gasteiger partial charge in [0.1, 0.15) is 11.0 Å². The number of allylic oxidation sites excluding steroid dienone is 2. The molecule has 2 heterocycles. The van der Waals surface area contributed by atoms with Crippen LogP contribution < -0.4 is 5.32 Å². The zero-order chi connectivity index (χ0) is 17.9. The summed E-state index contributed by atoms with van der Waals surface area (Å²) in [6, 6.07) is 0. The maximum absolute atomic E-state index is 6.05. The first kappa shape index (κ1) is 20.2. The van der Waals surface area contributed by atoms with Gasteiger partial charge in [0.25, 0.3) is 0 Å². The van der Waals surface area contributed by atoms with Crippen molar-refractivity contribution in [3.05, 3.63) is 23.7 Å². The first-order valence-electron chi connectivity index (χ1n) is 9.18. The fraction of sp³-hybridized carbons (Fsp3) is 0.722. The molecule has 2 rings (SSSR count). The molecule has 2 aliphatic rings. The molecule has 2 fully saturated rings. The molecule has 142 valence electrons. The van der Waals surface area contributed by atoms with E-state index in [0.717, 1.165) is 83.6 Å². The number of hydrogen-bond donors (Lipinski definition) is 1. The van der Waals surface area contributed by atoms with Crippen LogP contribution in [0, 0.1) is 0 Å². The first-order chi connectivity index (χ1) is 12.2. The Morgan fingerprint density at radius 3 is 2.36 bits per heavy atom. The third-order valence-corrected chi connectivity index (χ3v) is 4.26. The van der Waals surface area contributed by atoms with Crippen molar-refractivity contribution in [1.82, 2.24) is 15.1 Å². The Morgan fingerprint density at radius 2 is 1.76 bits per heavy atom. The van der Waals surface area contributed by atoms with E-state index in [1.54, 1.807) is 0 Å². The number of hydrogen-bond acceptors (Lipinski definition) is 6. The van der Waals surface area contributed by atoms with Crippen molar-refractivity contribution in [1.29, 1.82) is 0 Å². The molecule has 0 aliphatic carbocycles. The van der Waals surface area contributed by atoms with Gasteiger partial charge in [-0.25, -0.2) is 4.99 Å². The van der Waals surface area contributed by atoms with Crippen molar-refractivity contribution in [3.63, 3.8) is 0 Å². The van der Waals surface area contributed by atoms with Crippen molar-refractivity contribution in [3.8, 4) is 0 Å². The summed E-state index contributed by atoms with van der Waals surface area (Å²) in [5.41, 5.74) is 1.10. The molecule has 0 saturated carbocycles. The Balaban J connectivity index is 1.97. The lowest BCUT2D eigenvalue weighted by Crippen LogP contribution is -2.40. The Bertz CT molecular complexity index is 477. The first-order valence-corrected chi connectivity index (χ1v) is 9.56. The van der Waals surface area contributed by atoms with Crippen LogP contribution in [0.3, 0.4) is 0 Å². The van der Waals surface area contributed by atoms with E-state index in [2.05, 4.69) is 39.2 Å². The Kier molecular flexibility index (Phi) is 9.32. The van der Waals surface area contributed by atoms with E-state index in [1.807, 2.05) is 6.92 Å². The van der Waals surface area contributed by atoms with Crippen molar-refractivity contribution >= 4 is 16.8 Å². The van der Waals surface area contributed by atoms with Crippen LogP contribution in [0.2, 0.25) is 0 Å². The van der Waals surface area contributed by atoms with Crippen LogP contribution in [0.25, 0.3) is 0 Å². The van der Waals surface area contributed by atoms with Gasteiger partial charge in [0, 0.05) is 51.0 Å². The molecule has 0 aromatic rings. The predicted molar refractivity (Wildman–Crippen MR) is 103 cm³/mol. The summed E-state index contributed by atoms with van der Waals surface area (Å²) in [5.74, 6) is 0.898. The van der Waals surface area contributed by atoms with E-state index in [9.17, 15) is 0 Å². The molecule has 0 radical (unpaired) electrons. The standard InChI is InChI=1S/C18H31ClN4O2/c1-3-4-17(20-5-6-22-7-11-24-12-8-22)15-18(21-16(2)19)23-9-13-25-14-10-23/h4,15,20H,3,5-14H2,1-2H3/b17-4-,18-15+,21-16+. The summed E-state index contributed by atoms with van der Waals surface area (Å²) < 4.78 is 10.8. The minimum Gasteiger partial charge on any atom is -0.384 e. The summed E-state index contributed by atoms with van der Waals surface area (Å²) in [6.07, 6.45) is 5.26. The maximum atomic E-state index is 6.05. The van der Waals surface area contributed by atoms with E-state index in [-0.39, 0.29) is 0 Å². The second kappa shape index (κ2) is 11.5. The summed E-state index contributed by atoms with van der Waals surface area (Å²) in [6.45, 7) is 12.7. The van der Waals surface area contributed by atoms with Crippen LogP contribution in [-0.2, 0) is 9.47 Å². The number of rotatable bonds is 8. The SMILES string of the molecule is CC/C=C(/C=C(\N=C(/C)Cl)N1CCOCC1)NCCN1CCOCC1. The average Bonchev–Trinajstić information content (AvgIpc) is 2.62. The molecule has 0 aromatic carbocycles. The molecule has 0 amide bonds. The highest BCUT2D eigenvalue weighted by Gasteiger charge is 2.14. The van der Waals surface area contributed by atoms with Gasteiger partial charge in [-0.2, -0.15) is 0 Å². The normalized spacial score (nSPS) is 21.6. The van der Waals surface area contributed by atoms with Crippen LogP contribution in [0.4, 0.5) is 0 Å². The highest BCUT2D eigenvalue weighted by Crippen LogP contribution is 2.13. The minimum absolute atomic E-state index is 0.543. The number of halogens is 1. The van der Waals surface area contributed by atoms with Gasteiger partial charge in [-0.15, -0.1) is 0 Å². The van der Waals surface area contributed by atoms with Crippen LogP contribution in [0.1, 0.15) is 20.3 Å². The van der Waals surface area contributed by atoms with Crippen molar-refractivity contribution in [2.75, 3.05) is 65.7 Å². The molecular formula is C18H31ClN4O2. The maximum Gasteiger partial charge on any atom is 0.132 e. The van der Waals surface area contributed by atoms with E-state index in [4.69, 9.17) is 21.1 Å². The summed E-state index contributed by atoms with van der Waals surface area (Å²) >= 11 is 6.05. The van der Waals surface area contributed by atoms with Gasteiger partial charge in [0.05, 0.1) is 26.4 Å². The quantitative estimate of drug-likeness (QED) is 0.523. The molecular weight excluding hydrogens is 340 g/mol. The molecule has 0 bridgehead atoms. The molecule has 0 atom stereocenters. The summed E-state index contributed by atoms with van der Waals surface area (Å²) in [4.78, 5) is 9.18. The highest BCUT2D eigenvalue weighted by molar-refractivity contribution is 6.64. The second-order valence-corrected chi connectivity index (χ2v) is 6.71. The molecule has 6 nitrogen and oxygen atoms in total. The van der Waals surface area contributed by atoms with Gasteiger partial charge >= 0.3 is 0 Å². The Morgan fingerprint density at radius 1 is 1.12 bits per heavy atom. The highest BCUT2D eigenvalue weighted by atomic mass is 35.5. The van der Waals surface area contributed by atoms with Gasteiger partial charge in [-0.3, -0.25) is 4.90 Å². The number of nitrogens with zero attached hydrogens (tertiary/aromatic N) is 3. The third kappa shape index (κ3) is 7.77. The lowest BCUT2D eigenvalue weighted by molar-refractivity contribution is 0.0387. The lowest BCUT2D eigenvalue weighted by Gasteiger charge is -2.29. The Labute approximate surface area is 156 Å². The predicted octanol–water partition coefficient (Wildman–Crippen LogP) is 2.03. The zero-order valence-corrected chi connectivity index (χ0v) is 16.2. The molecule has 2 saturated heterocycles. The largest absolute Gasteiger partial charge is 0.384 e. The molecule has 0 spiro atoms.